The molecule has 0 aliphatic carbocycles. The molecule has 3 rings (SSSR count). The summed E-state index contributed by atoms with van der Waals surface area (Å²) < 4.78 is 11.4. The number of nitrogens with zero attached hydrogens (tertiary/aromatic N) is 1. The molecule has 1 aliphatic rings. The van der Waals surface area contributed by atoms with Crippen LogP contribution in [0.15, 0.2) is 53.4 Å². The van der Waals surface area contributed by atoms with Gasteiger partial charge in [-0.05, 0) is 29.3 Å². The number of carbonyl (C=O) groups excluding carboxylic acids is 2. The fourth-order valence-electron chi connectivity index (χ4n) is 2.55. The third-order valence-corrected chi connectivity index (χ3v) is 5.26. The molecule has 6 nitrogen and oxygen atoms in total. The molecule has 144 valence electrons. The van der Waals surface area contributed by atoms with Gasteiger partial charge in [0.25, 0.3) is 5.91 Å². The number of amides is 1. The Kier molecular flexibility index (Phi) is 6.33. The van der Waals surface area contributed by atoms with Gasteiger partial charge in [-0.2, -0.15) is 0 Å². The van der Waals surface area contributed by atoms with Crippen LogP contribution in [-0.2, 0) is 16.2 Å². The van der Waals surface area contributed by atoms with Gasteiger partial charge in [-0.15, -0.1) is 0 Å². The summed E-state index contributed by atoms with van der Waals surface area (Å²) in [6.07, 6.45) is 1.64. The standard InChI is InChI=1S/C20H17NO5S2/c1-25-16-9-14(7-8-15(16)26-12-13-5-3-2-4-6-13)10-17-19(24)21(11-18(22)23)20(27)28-17/h2-10H,11-12H2,1H3,(H,22,23)/p-1/b17-10+. The molecule has 0 unspecified atom stereocenters. The molecule has 1 heterocycles. The molecule has 2 aromatic carbocycles. The largest absolute Gasteiger partial charge is 0.548 e. The van der Waals surface area contributed by atoms with E-state index in [9.17, 15) is 14.7 Å². The monoisotopic (exact) mass is 414 g/mol. The van der Waals surface area contributed by atoms with Crippen LogP contribution in [0.1, 0.15) is 11.1 Å². The van der Waals surface area contributed by atoms with Crippen molar-refractivity contribution in [1.29, 1.82) is 0 Å². The van der Waals surface area contributed by atoms with E-state index in [0.29, 0.717) is 28.6 Å². The maximum absolute atomic E-state index is 12.3. The van der Waals surface area contributed by atoms with Crippen LogP contribution in [0.3, 0.4) is 0 Å². The Morgan fingerprint density at radius 3 is 2.64 bits per heavy atom. The van der Waals surface area contributed by atoms with E-state index in [4.69, 9.17) is 21.7 Å². The molecule has 8 heteroatoms. The highest BCUT2D eigenvalue weighted by atomic mass is 32.2. The summed E-state index contributed by atoms with van der Waals surface area (Å²) in [6.45, 7) is -0.157. The molecule has 0 radical (unpaired) electrons. The maximum atomic E-state index is 12.3. The zero-order valence-corrected chi connectivity index (χ0v) is 16.5. The van der Waals surface area contributed by atoms with Crippen molar-refractivity contribution in [1.82, 2.24) is 4.90 Å². The lowest BCUT2D eigenvalue weighted by Crippen LogP contribution is -2.40. The van der Waals surface area contributed by atoms with Gasteiger partial charge in [-0.3, -0.25) is 9.69 Å². The topological polar surface area (TPSA) is 78.9 Å². The highest BCUT2D eigenvalue weighted by Gasteiger charge is 2.31. The van der Waals surface area contributed by atoms with E-state index in [1.165, 1.54) is 7.11 Å². The first-order valence-corrected chi connectivity index (χ1v) is 9.50. The van der Waals surface area contributed by atoms with Crippen LogP contribution >= 0.6 is 24.0 Å². The van der Waals surface area contributed by atoms with Crippen LogP contribution in [0.2, 0.25) is 0 Å². The number of ether oxygens (including phenoxy) is 2. The lowest BCUT2D eigenvalue weighted by Gasteiger charge is -2.14. The second-order valence-electron chi connectivity index (χ2n) is 5.82. The Labute approximate surface area is 171 Å². The van der Waals surface area contributed by atoms with Crippen LogP contribution in [0, 0.1) is 0 Å². The SMILES string of the molecule is COc1cc(/C=C2/SC(=S)N(CC(=O)[O-])C2=O)ccc1OCc1ccccc1. The third-order valence-electron chi connectivity index (χ3n) is 3.88. The van der Waals surface area contributed by atoms with E-state index in [0.717, 1.165) is 22.2 Å². The summed E-state index contributed by atoms with van der Waals surface area (Å²) in [6, 6.07) is 15.0. The molecular weight excluding hydrogens is 398 g/mol. The maximum Gasteiger partial charge on any atom is 0.266 e. The average Bonchev–Trinajstić information content (AvgIpc) is 2.94. The molecule has 0 saturated carbocycles. The second kappa shape index (κ2) is 8.90. The fourth-order valence-corrected chi connectivity index (χ4v) is 3.80. The summed E-state index contributed by atoms with van der Waals surface area (Å²) in [5, 5.41) is 10.8. The summed E-state index contributed by atoms with van der Waals surface area (Å²) in [7, 11) is 1.54. The van der Waals surface area contributed by atoms with Gasteiger partial charge in [0.15, 0.2) is 11.5 Å². The Morgan fingerprint density at radius 1 is 1.21 bits per heavy atom. The van der Waals surface area contributed by atoms with Gasteiger partial charge in [0.1, 0.15) is 10.9 Å². The van der Waals surface area contributed by atoms with E-state index in [1.807, 2.05) is 30.3 Å². The molecule has 0 aromatic heterocycles. The molecule has 1 aliphatic heterocycles. The van der Waals surface area contributed by atoms with Crippen LogP contribution in [0.25, 0.3) is 6.08 Å². The lowest BCUT2D eigenvalue weighted by molar-refractivity contribution is -0.305. The van der Waals surface area contributed by atoms with Gasteiger partial charge >= 0.3 is 0 Å². The number of rotatable bonds is 7. The minimum Gasteiger partial charge on any atom is -0.548 e. The molecule has 0 bridgehead atoms. The molecule has 1 saturated heterocycles. The van der Waals surface area contributed by atoms with Crippen LogP contribution in [0.5, 0.6) is 11.5 Å². The average molecular weight is 414 g/mol. The predicted octanol–water partition coefficient (Wildman–Crippen LogP) is 2.23. The van der Waals surface area contributed by atoms with E-state index < -0.39 is 18.4 Å². The number of methoxy groups -OCH3 is 1. The van der Waals surface area contributed by atoms with Crippen molar-refractivity contribution in [3.05, 3.63) is 64.6 Å². The van der Waals surface area contributed by atoms with Crippen molar-refractivity contribution < 1.29 is 24.2 Å². The number of carboxylic acid groups (broad SMARTS) is 1. The molecule has 0 atom stereocenters. The van der Waals surface area contributed by atoms with Crippen molar-refractivity contribution in [2.75, 3.05) is 13.7 Å². The second-order valence-corrected chi connectivity index (χ2v) is 7.50. The normalized spacial score (nSPS) is 15.2. The zero-order chi connectivity index (χ0) is 20.1. The molecule has 1 amide bonds. The van der Waals surface area contributed by atoms with Crippen LogP contribution in [0.4, 0.5) is 0 Å². The van der Waals surface area contributed by atoms with Crippen molar-refractivity contribution >= 4 is 46.3 Å². The molecule has 28 heavy (non-hydrogen) atoms. The van der Waals surface area contributed by atoms with Gasteiger partial charge in [-0.25, -0.2) is 0 Å². The van der Waals surface area contributed by atoms with E-state index in [-0.39, 0.29) is 4.32 Å². The number of carboxylic acids is 1. The zero-order valence-electron chi connectivity index (χ0n) is 14.9. The van der Waals surface area contributed by atoms with E-state index in [2.05, 4.69) is 0 Å². The Morgan fingerprint density at radius 2 is 1.96 bits per heavy atom. The van der Waals surface area contributed by atoms with Gasteiger partial charge in [0.2, 0.25) is 0 Å². The minimum absolute atomic E-state index is 0.190. The van der Waals surface area contributed by atoms with Gasteiger partial charge in [0, 0.05) is 0 Å². The number of carbonyl (C=O) groups is 2. The first-order chi connectivity index (χ1) is 13.5. The van der Waals surface area contributed by atoms with Crippen LogP contribution in [-0.4, -0.2) is 34.8 Å². The van der Waals surface area contributed by atoms with Crippen LogP contribution < -0.4 is 14.6 Å². The first-order valence-electron chi connectivity index (χ1n) is 8.28. The number of benzene rings is 2. The van der Waals surface area contributed by atoms with E-state index >= 15 is 0 Å². The van der Waals surface area contributed by atoms with Crippen molar-refractivity contribution in [3.8, 4) is 11.5 Å². The first kappa shape index (κ1) is 19.9. The van der Waals surface area contributed by atoms with Gasteiger partial charge in [0.05, 0.1) is 24.5 Å². The highest BCUT2D eigenvalue weighted by molar-refractivity contribution is 8.26. The number of hydrogen-bond donors (Lipinski definition) is 0. The quantitative estimate of drug-likeness (QED) is 0.508. The number of hydrogen-bond acceptors (Lipinski definition) is 7. The summed E-state index contributed by atoms with van der Waals surface area (Å²) in [4.78, 5) is 24.5. The van der Waals surface area contributed by atoms with Crippen molar-refractivity contribution in [2.45, 2.75) is 6.61 Å². The number of aliphatic carboxylic acids is 1. The number of thioether (sulfide) groups is 1. The molecular formula is C20H16NO5S2-. The van der Waals surface area contributed by atoms with Gasteiger partial charge < -0.3 is 19.4 Å². The highest BCUT2D eigenvalue weighted by Crippen LogP contribution is 2.34. The Balaban J connectivity index is 1.76. The lowest BCUT2D eigenvalue weighted by atomic mass is 10.1. The van der Waals surface area contributed by atoms with E-state index in [1.54, 1.807) is 24.3 Å². The minimum atomic E-state index is -1.36. The van der Waals surface area contributed by atoms with Gasteiger partial charge in [-0.1, -0.05) is 60.4 Å². The summed E-state index contributed by atoms with van der Waals surface area (Å²) in [5.74, 6) is -0.718. The Bertz CT molecular complexity index is 943. The fraction of sp³-hybridized carbons (Fsp3) is 0.150. The summed E-state index contributed by atoms with van der Waals surface area (Å²) in [5.41, 5.74) is 1.74. The molecule has 1 fully saturated rings. The molecule has 0 spiro atoms. The predicted molar refractivity (Wildman–Crippen MR) is 109 cm³/mol. The molecule has 0 N–H and O–H groups in total. The smallest absolute Gasteiger partial charge is 0.266 e. The summed E-state index contributed by atoms with van der Waals surface area (Å²) >= 11 is 6.12. The molecule has 2 aromatic rings. The third kappa shape index (κ3) is 4.71. The van der Waals surface area contributed by atoms with Crippen molar-refractivity contribution in [2.24, 2.45) is 0 Å². The Hall–Kier alpha value is -2.84. The number of thiocarbonyl (C=S) groups is 1. The van der Waals surface area contributed by atoms with Crippen molar-refractivity contribution in [3.63, 3.8) is 0 Å².